The van der Waals surface area contributed by atoms with Gasteiger partial charge in [0.2, 0.25) is 5.91 Å². The van der Waals surface area contributed by atoms with Crippen LogP contribution >= 0.6 is 0 Å². The van der Waals surface area contributed by atoms with Crippen LogP contribution in [0.15, 0.2) is 53.1 Å². The monoisotopic (exact) mass is 301 g/mol. The van der Waals surface area contributed by atoms with Crippen LogP contribution in [0.5, 0.6) is 0 Å². The van der Waals surface area contributed by atoms with E-state index in [-0.39, 0.29) is 24.3 Å². The number of hydrogen-bond acceptors (Lipinski definition) is 3. The fourth-order valence-electron chi connectivity index (χ4n) is 2.52. The molecule has 0 saturated carbocycles. The number of aliphatic hydroxyl groups is 1. The fourth-order valence-corrected chi connectivity index (χ4v) is 2.52. The van der Waals surface area contributed by atoms with Crippen LogP contribution in [-0.2, 0) is 4.79 Å². The summed E-state index contributed by atoms with van der Waals surface area (Å²) in [5.41, 5.74) is 1.00. The predicted molar refractivity (Wildman–Crippen MR) is 85.3 cm³/mol. The molecule has 0 radical (unpaired) electrons. The number of nitrogens with one attached hydrogen (secondary N) is 1. The summed E-state index contributed by atoms with van der Waals surface area (Å²) in [6.45, 7) is 4.29. The minimum Gasteiger partial charge on any atom is -0.467 e. The van der Waals surface area contributed by atoms with Crippen molar-refractivity contribution in [3.05, 3.63) is 60.1 Å². The summed E-state index contributed by atoms with van der Waals surface area (Å²) in [5.74, 6) is 0.407. The molecular weight excluding hydrogens is 278 g/mol. The van der Waals surface area contributed by atoms with E-state index < -0.39 is 6.10 Å². The minimum absolute atomic E-state index is 0.0637. The Hall–Kier alpha value is -2.07. The van der Waals surface area contributed by atoms with Gasteiger partial charge < -0.3 is 14.8 Å². The van der Waals surface area contributed by atoms with Crippen molar-refractivity contribution in [2.24, 2.45) is 5.92 Å². The maximum absolute atomic E-state index is 12.6. The van der Waals surface area contributed by atoms with Crippen molar-refractivity contribution in [2.45, 2.75) is 32.3 Å². The van der Waals surface area contributed by atoms with Crippen molar-refractivity contribution >= 4 is 5.91 Å². The van der Waals surface area contributed by atoms with Gasteiger partial charge in [0.15, 0.2) is 0 Å². The topological polar surface area (TPSA) is 62.5 Å². The van der Waals surface area contributed by atoms with Gasteiger partial charge in [-0.3, -0.25) is 4.79 Å². The maximum atomic E-state index is 12.6. The largest absolute Gasteiger partial charge is 0.467 e. The van der Waals surface area contributed by atoms with Gasteiger partial charge in [-0.15, -0.1) is 0 Å². The lowest BCUT2D eigenvalue weighted by Crippen LogP contribution is -2.35. The molecule has 22 heavy (non-hydrogen) atoms. The molecule has 0 saturated heterocycles. The Balaban J connectivity index is 2.03. The number of furan rings is 1. The van der Waals surface area contributed by atoms with Gasteiger partial charge in [-0.25, -0.2) is 0 Å². The normalized spacial score (nSPS) is 15.0. The summed E-state index contributed by atoms with van der Waals surface area (Å²) in [5, 5.41) is 12.8. The molecule has 1 aromatic carbocycles. The average Bonchev–Trinajstić information content (AvgIpc) is 3.08. The van der Waals surface area contributed by atoms with Crippen molar-refractivity contribution in [1.29, 1.82) is 0 Å². The summed E-state index contributed by atoms with van der Waals surface area (Å²) in [4.78, 5) is 12.6. The molecule has 0 fully saturated rings. The van der Waals surface area contributed by atoms with Crippen LogP contribution in [0.2, 0.25) is 0 Å². The first-order valence-electron chi connectivity index (χ1n) is 7.67. The zero-order valence-corrected chi connectivity index (χ0v) is 13.0. The quantitative estimate of drug-likeness (QED) is 0.825. The van der Waals surface area contributed by atoms with Crippen LogP contribution in [0.1, 0.15) is 43.6 Å². The Bertz CT molecular complexity index is 565. The molecule has 2 rings (SSSR count). The molecule has 3 unspecified atom stereocenters. The molecule has 118 valence electrons. The fraction of sp³-hybridized carbons (Fsp3) is 0.389. The van der Waals surface area contributed by atoms with Crippen molar-refractivity contribution in [1.82, 2.24) is 5.32 Å². The second kappa shape index (κ2) is 7.80. The molecule has 0 spiro atoms. The highest BCUT2D eigenvalue weighted by atomic mass is 16.4. The highest BCUT2D eigenvalue weighted by Gasteiger charge is 2.26. The molecule has 0 aliphatic carbocycles. The molecular formula is C18H23NO3. The Labute approximate surface area is 131 Å². The van der Waals surface area contributed by atoms with Gasteiger partial charge in [0.25, 0.3) is 0 Å². The lowest BCUT2D eigenvalue weighted by Gasteiger charge is -2.23. The summed E-state index contributed by atoms with van der Waals surface area (Å²) in [6, 6.07) is 13.2. The Morgan fingerprint density at radius 2 is 1.95 bits per heavy atom. The summed E-state index contributed by atoms with van der Waals surface area (Å²) >= 11 is 0. The van der Waals surface area contributed by atoms with E-state index in [0.717, 1.165) is 12.0 Å². The van der Waals surface area contributed by atoms with Crippen LogP contribution in [0.4, 0.5) is 0 Å². The number of carbonyl (C=O) groups excluding carboxylic acids is 1. The van der Waals surface area contributed by atoms with E-state index in [4.69, 9.17) is 4.42 Å². The van der Waals surface area contributed by atoms with Crippen molar-refractivity contribution in [2.75, 3.05) is 6.54 Å². The van der Waals surface area contributed by atoms with Crippen LogP contribution < -0.4 is 5.32 Å². The SMILES string of the molecule is CCC(C)C(C(=O)NCC(O)c1ccco1)c1ccccc1. The van der Waals surface area contributed by atoms with Gasteiger partial charge in [0.05, 0.1) is 18.7 Å². The molecule has 0 aliphatic rings. The number of benzene rings is 1. The number of rotatable bonds is 7. The van der Waals surface area contributed by atoms with Gasteiger partial charge in [-0.05, 0) is 23.6 Å². The average molecular weight is 301 g/mol. The zero-order valence-electron chi connectivity index (χ0n) is 13.0. The Morgan fingerprint density at radius 3 is 2.55 bits per heavy atom. The first-order valence-corrected chi connectivity index (χ1v) is 7.67. The molecule has 2 aromatic rings. The molecule has 3 atom stereocenters. The molecule has 1 heterocycles. The standard InChI is InChI=1S/C18H23NO3/c1-3-13(2)17(14-8-5-4-6-9-14)18(21)19-12-15(20)16-10-7-11-22-16/h4-11,13,15,17,20H,3,12H2,1-2H3,(H,19,21). The van der Waals surface area contributed by atoms with Crippen molar-refractivity contribution in [3.8, 4) is 0 Å². The maximum Gasteiger partial charge on any atom is 0.227 e. The second-order valence-corrected chi connectivity index (χ2v) is 5.55. The highest BCUT2D eigenvalue weighted by Crippen LogP contribution is 2.27. The lowest BCUT2D eigenvalue weighted by atomic mass is 9.85. The van der Waals surface area contributed by atoms with Gasteiger partial charge in [-0.2, -0.15) is 0 Å². The van der Waals surface area contributed by atoms with E-state index in [0.29, 0.717) is 5.76 Å². The summed E-state index contributed by atoms with van der Waals surface area (Å²) < 4.78 is 5.14. The molecule has 4 nitrogen and oxygen atoms in total. The van der Waals surface area contributed by atoms with Gasteiger partial charge >= 0.3 is 0 Å². The van der Waals surface area contributed by atoms with Gasteiger partial charge in [-0.1, -0.05) is 50.6 Å². The molecule has 1 aromatic heterocycles. The molecule has 1 amide bonds. The number of hydrogen-bond donors (Lipinski definition) is 2. The number of amides is 1. The van der Waals surface area contributed by atoms with E-state index in [9.17, 15) is 9.90 Å². The van der Waals surface area contributed by atoms with Crippen LogP contribution in [0.3, 0.4) is 0 Å². The predicted octanol–water partition coefficient (Wildman–Crippen LogP) is 3.26. The highest BCUT2D eigenvalue weighted by molar-refractivity contribution is 5.84. The van der Waals surface area contributed by atoms with Crippen LogP contribution in [0.25, 0.3) is 0 Å². The molecule has 0 bridgehead atoms. The van der Waals surface area contributed by atoms with E-state index in [1.165, 1.54) is 6.26 Å². The smallest absolute Gasteiger partial charge is 0.227 e. The van der Waals surface area contributed by atoms with E-state index in [1.54, 1.807) is 12.1 Å². The minimum atomic E-state index is -0.827. The zero-order chi connectivity index (χ0) is 15.9. The summed E-state index contributed by atoms with van der Waals surface area (Å²) in [6.07, 6.45) is 1.59. The van der Waals surface area contributed by atoms with E-state index in [1.807, 2.05) is 30.3 Å². The molecule has 4 heteroatoms. The number of aliphatic hydroxyl groups excluding tert-OH is 1. The van der Waals surface area contributed by atoms with Gasteiger partial charge in [0.1, 0.15) is 11.9 Å². The van der Waals surface area contributed by atoms with Gasteiger partial charge in [0, 0.05) is 0 Å². The van der Waals surface area contributed by atoms with Crippen LogP contribution in [-0.4, -0.2) is 17.6 Å². The third kappa shape index (κ3) is 3.98. The lowest BCUT2D eigenvalue weighted by molar-refractivity contribution is -0.124. The molecule has 2 N–H and O–H groups in total. The van der Waals surface area contributed by atoms with Crippen molar-refractivity contribution < 1.29 is 14.3 Å². The number of carbonyl (C=O) groups is 1. The third-order valence-electron chi connectivity index (χ3n) is 4.00. The second-order valence-electron chi connectivity index (χ2n) is 5.55. The first-order chi connectivity index (χ1) is 10.6. The summed E-state index contributed by atoms with van der Waals surface area (Å²) in [7, 11) is 0. The van der Waals surface area contributed by atoms with Crippen LogP contribution in [0, 0.1) is 5.92 Å². The Morgan fingerprint density at radius 1 is 1.23 bits per heavy atom. The third-order valence-corrected chi connectivity index (χ3v) is 4.00. The van der Waals surface area contributed by atoms with E-state index in [2.05, 4.69) is 19.2 Å². The van der Waals surface area contributed by atoms with Crippen molar-refractivity contribution in [3.63, 3.8) is 0 Å². The first kappa shape index (κ1) is 16.3. The Kier molecular flexibility index (Phi) is 5.78. The van der Waals surface area contributed by atoms with E-state index >= 15 is 0 Å². The molecule has 0 aliphatic heterocycles.